The topological polar surface area (TPSA) is 53.3 Å². The van der Waals surface area contributed by atoms with Crippen LogP contribution in [-0.4, -0.2) is 31.1 Å². The molecule has 102 valence electrons. The highest BCUT2D eigenvalue weighted by molar-refractivity contribution is 6.31. The van der Waals surface area contributed by atoms with E-state index in [1.54, 1.807) is 12.1 Å². The highest BCUT2D eigenvalue weighted by Gasteiger charge is 2.10. The van der Waals surface area contributed by atoms with Crippen LogP contribution >= 0.6 is 11.6 Å². The Morgan fingerprint density at radius 3 is 2.79 bits per heavy atom. The molecule has 0 aliphatic carbocycles. The number of rotatable bonds is 6. The maximum Gasteiger partial charge on any atom is 0.306 e. The smallest absolute Gasteiger partial charge is 0.306 e. The van der Waals surface area contributed by atoms with E-state index < -0.39 is 0 Å². The van der Waals surface area contributed by atoms with Crippen LogP contribution in [0.4, 0.5) is 0 Å². The zero-order chi connectivity index (χ0) is 14.3. The van der Waals surface area contributed by atoms with Crippen molar-refractivity contribution >= 4 is 17.6 Å². The van der Waals surface area contributed by atoms with Gasteiger partial charge in [0.25, 0.3) is 0 Å². The van der Waals surface area contributed by atoms with Crippen LogP contribution in [0.3, 0.4) is 0 Å². The second-order valence-electron chi connectivity index (χ2n) is 4.11. The number of carbonyl (C=O) groups excluding carboxylic acids is 1. The number of methoxy groups -OCH3 is 1. The number of esters is 1. The van der Waals surface area contributed by atoms with Crippen LogP contribution in [-0.2, 0) is 16.1 Å². The van der Waals surface area contributed by atoms with Crippen LogP contribution in [0.2, 0.25) is 5.02 Å². The van der Waals surface area contributed by atoms with E-state index in [1.165, 1.54) is 7.11 Å². The lowest BCUT2D eigenvalue weighted by Gasteiger charge is -2.20. The van der Waals surface area contributed by atoms with Gasteiger partial charge in [0.15, 0.2) is 0 Å². The van der Waals surface area contributed by atoms with Crippen molar-refractivity contribution in [3.05, 3.63) is 34.3 Å². The van der Waals surface area contributed by atoms with Gasteiger partial charge in [-0.05, 0) is 24.2 Å². The number of nitriles is 1. The van der Waals surface area contributed by atoms with Gasteiger partial charge in [0.1, 0.15) is 0 Å². The minimum atomic E-state index is -0.218. The van der Waals surface area contributed by atoms with Crippen molar-refractivity contribution in [1.82, 2.24) is 4.90 Å². The number of halogens is 1. The predicted molar refractivity (Wildman–Crippen MR) is 73.8 cm³/mol. The summed E-state index contributed by atoms with van der Waals surface area (Å²) in [5.74, 6) is -0.218. The van der Waals surface area contributed by atoms with Crippen LogP contribution in [0.25, 0.3) is 0 Å². The molecule has 5 heteroatoms. The summed E-state index contributed by atoms with van der Waals surface area (Å²) in [6, 6.07) is 7.30. The van der Waals surface area contributed by atoms with Crippen molar-refractivity contribution in [2.75, 3.05) is 20.2 Å². The molecule has 1 aromatic carbocycles. The maximum atomic E-state index is 11.1. The molecule has 0 spiro atoms. The average Bonchev–Trinajstić information content (AvgIpc) is 2.44. The molecule has 0 saturated heterocycles. The van der Waals surface area contributed by atoms with Crippen molar-refractivity contribution in [3.8, 4) is 6.07 Å². The largest absolute Gasteiger partial charge is 0.469 e. The van der Waals surface area contributed by atoms with Gasteiger partial charge in [-0.1, -0.05) is 24.6 Å². The molecule has 0 radical (unpaired) electrons. The molecule has 0 fully saturated rings. The van der Waals surface area contributed by atoms with E-state index >= 15 is 0 Å². The molecular weight excluding hydrogens is 264 g/mol. The second kappa shape index (κ2) is 7.78. The summed E-state index contributed by atoms with van der Waals surface area (Å²) in [7, 11) is 1.39. The van der Waals surface area contributed by atoms with Crippen molar-refractivity contribution in [3.63, 3.8) is 0 Å². The first-order chi connectivity index (χ1) is 9.10. The Bertz CT molecular complexity index is 483. The average molecular weight is 281 g/mol. The molecule has 0 atom stereocenters. The van der Waals surface area contributed by atoms with Gasteiger partial charge in [0.2, 0.25) is 0 Å². The molecule has 0 unspecified atom stereocenters. The van der Waals surface area contributed by atoms with Crippen molar-refractivity contribution in [2.45, 2.75) is 19.9 Å². The molecular formula is C14H17ClN2O2. The number of carbonyl (C=O) groups is 1. The lowest BCUT2D eigenvalue weighted by Crippen LogP contribution is -2.26. The Hall–Kier alpha value is -1.57. The summed E-state index contributed by atoms with van der Waals surface area (Å²) in [5, 5.41) is 9.36. The summed E-state index contributed by atoms with van der Waals surface area (Å²) in [4.78, 5) is 13.2. The molecule has 0 saturated carbocycles. The summed E-state index contributed by atoms with van der Waals surface area (Å²) in [5.41, 5.74) is 1.50. The minimum Gasteiger partial charge on any atom is -0.469 e. The molecule has 0 amide bonds. The molecule has 0 bridgehead atoms. The normalized spacial score (nSPS) is 10.3. The van der Waals surface area contributed by atoms with Crippen LogP contribution in [0.15, 0.2) is 18.2 Å². The maximum absolute atomic E-state index is 11.1. The molecule has 0 aliphatic heterocycles. The van der Waals surface area contributed by atoms with Gasteiger partial charge in [-0.3, -0.25) is 9.69 Å². The van der Waals surface area contributed by atoms with Crippen molar-refractivity contribution in [1.29, 1.82) is 5.26 Å². The Morgan fingerprint density at radius 1 is 1.53 bits per heavy atom. The van der Waals surface area contributed by atoms with Gasteiger partial charge in [0, 0.05) is 18.1 Å². The third kappa shape index (κ3) is 4.90. The fraction of sp³-hybridized carbons (Fsp3) is 0.429. The molecule has 1 aromatic rings. The number of benzene rings is 1. The molecule has 19 heavy (non-hydrogen) atoms. The van der Waals surface area contributed by atoms with Crippen LogP contribution in [0, 0.1) is 11.3 Å². The standard InChI is InChI=1S/C14H17ClN2O2/c1-3-17(7-6-14(18)19-2)10-12-5-4-11(9-16)8-13(12)15/h4-5,8H,3,6-7,10H2,1-2H3. The first-order valence-corrected chi connectivity index (χ1v) is 6.46. The van der Waals surface area contributed by atoms with Gasteiger partial charge in [-0.25, -0.2) is 0 Å². The van der Waals surface area contributed by atoms with E-state index in [0.29, 0.717) is 30.1 Å². The highest BCUT2D eigenvalue weighted by Crippen LogP contribution is 2.19. The quantitative estimate of drug-likeness (QED) is 0.752. The summed E-state index contributed by atoms with van der Waals surface area (Å²) in [6.45, 7) is 4.11. The lowest BCUT2D eigenvalue weighted by atomic mass is 10.1. The van der Waals surface area contributed by atoms with Crippen LogP contribution in [0.1, 0.15) is 24.5 Å². The van der Waals surface area contributed by atoms with E-state index in [2.05, 4.69) is 15.7 Å². The van der Waals surface area contributed by atoms with Gasteiger partial charge in [0.05, 0.1) is 25.2 Å². The van der Waals surface area contributed by atoms with Gasteiger partial charge < -0.3 is 4.74 Å². The molecule has 1 rings (SSSR count). The summed E-state index contributed by atoms with van der Waals surface area (Å²) < 4.78 is 4.62. The zero-order valence-electron chi connectivity index (χ0n) is 11.1. The third-order valence-electron chi connectivity index (χ3n) is 2.88. The van der Waals surface area contributed by atoms with Gasteiger partial charge in [-0.15, -0.1) is 0 Å². The summed E-state index contributed by atoms with van der Waals surface area (Å²) in [6.07, 6.45) is 0.359. The second-order valence-corrected chi connectivity index (χ2v) is 4.52. The number of ether oxygens (including phenoxy) is 1. The van der Waals surface area contributed by atoms with Crippen molar-refractivity contribution in [2.24, 2.45) is 0 Å². The molecule has 0 heterocycles. The van der Waals surface area contributed by atoms with Crippen LogP contribution < -0.4 is 0 Å². The van der Waals surface area contributed by atoms with E-state index in [4.69, 9.17) is 16.9 Å². The Labute approximate surface area is 118 Å². The van der Waals surface area contributed by atoms with E-state index in [1.807, 2.05) is 13.0 Å². The molecule has 0 aliphatic rings. The number of hydrogen-bond acceptors (Lipinski definition) is 4. The Kier molecular flexibility index (Phi) is 6.34. The Morgan fingerprint density at radius 2 is 2.26 bits per heavy atom. The molecule has 4 nitrogen and oxygen atoms in total. The predicted octanol–water partition coefficient (Wildman–Crippen LogP) is 2.60. The fourth-order valence-electron chi connectivity index (χ4n) is 1.69. The molecule has 0 N–H and O–H groups in total. The van der Waals surface area contributed by atoms with Gasteiger partial charge in [-0.2, -0.15) is 5.26 Å². The monoisotopic (exact) mass is 280 g/mol. The third-order valence-corrected chi connectivity index (χ3v) is 3.24. The lowest BCUT2D eigenvalue weighted by molar-refractivity contribution is -0.141. The van der Waals surface area contributed by atoms with E-state index in [0.717, 1.165) is 12.1 Å². The molecule has 0 aromatic heterocycles. The number of hydrogen-bond donors (Lipinski definition) is 0. The van der Waals surface area contributed by atoms with Crippen LogP contribution in [0.5, 0.6) is 0 Å². The van der Waals surface area contributed by atoms with Crippen molar-refractivity contribution < 1.29 is 9.53 Å². The minimum absolute atomic E-state index is 0.218. The highest BCUT2D eigenvalue weighted by atomic mass is 35.5. The Balaban J connectivity index is 2.65. The zero-order valence-corrected chi connectivity index (χ0v) is 11.9. The number of nitrogens with zero attached hydrogens (tertiary/aromatic N) is 2. The van der Waals surface area contributed by atoms with Gasteiger partial charge >= 0.3 is 5.97 Å². The first-order valence-electron chi connectivity index (χ1n) is 6.08. The SMILES string of the molecule is CCN(CCC(=O)OC)Cc1ccc(C#N)cc1Cl. The first kappa shape index (κ1) is 15.5. The fourth-order valence-corrected chi connectivity index (χ4v) is 1.93. The summed E-state index contributed by atoms with van der Waals surface area (Å²) >= 11 is 6.13. The van der Waals surface area contributed by atoms with E-state index in [-0.39, 0.29) is 5.97 Å². The van der Waals surface area contributed by atoms with E-state index in [9.17, 15) is 4.79 Å².